The van der Waals surface area contributed by atoms with E-state index < -0.39 is 0 Å². The van der Waals surface area contributed by atoms with Crippen molar-refractivity contribution in [2.45, 2.75) is 47.5 Å². The molecule has 20 heavy (non-hydrogen) atoms. The molecule has 0 amide bonds. The molecule has 0 heterocycles. The van der Waals surface area contributed by atoms with Crippen LogP contribution in [-0.4, -0.2) is 24.8 Å². The Morgan fingerprint density at radius 1 is 1.05 bits per heavy atom. The summed E-state index contributed by atoms with van der Waals surface area (Å²) in [6.45, 7) is 10.9. The van der Waals surface area contributed by atoms with Gasteiger partial charge in [0.25, 0.3) is 0 Å². The molecule has 0 aliphatic rings. The molecule has 0 atom stereocenters. The quantitative estimate of drug-likeness (QED) is 0.435. The standard InChI is InChI=1S/C17H24O3/c1-6-20-8-7-15(18)10-17(19)16-9-11(2)12(3)13(4)14(16)5/h9H,6-8,10H2,1-5H3. The first-order valence-electron chi connectivity index (χ1n) is 7.08. The molecule has 1 aromatic carbocycles. The maximum atomic E-state index is 12.3. The Kier molecular flexibility index (Phi) is 6.08. The van der Waals surface area contributed by atoms with Crippen LogP contribution in [0, 0.1) is 27.7 Å². The Bertz CT molecular complexity index is 515. The van der Waals surface area contributed by atoms with Gasteiger partial charge in [-0.3, -0.25) is 9.59 Å². The molecule has 0 aromatic heterocycles. The molecule has 110 valence electrons. The van der Waals surface area contributed by atoms with Crippen molar-refractivity contribution in [1.29, 1.82) is 0 Å². The van der Waals surface area contributed by atoms with Crippen molar-refractivity contribution in [2.24, 2.45) is 0 Å². The zero-order chi connectivity index (χ0) is 15.3. The summed E-state index contributed by atoms with van der Waals surface area (Å²) < 4.78 is 5.14. The fourth-order valence-corrected chi connectivity index (χ4v) is 2.19. The van der Waals surface area contributed by atoms with Crippen molar-refractivity contribution >= 4 is 11.6 Å². The monoisotopic (exact) mass is 276 g/mol. The van der Waals surface area contributed by atoms with E-state index in [1.54, 1.807) is 0 Å². The molecule has 0 saturated carbocycles. The Morgan fingerprint density at radius 2 is 1.70 bits per heavy atom. The Morgan fingerprint density at radius 3 is 2.30 bits per heavy atom. The van der Waals surface area contributed by atoms with Gasteiger partial charge in [0.1, 0.15) is 5.78 Å². The molecule has 0 aliphatic heterocycles. The number of hydrogen-bond acceptors (Lipinski definition) is 3. The summed E-state index contributed by atoms with van der Waals surface area (Å²) in [4.78, 5) is 24.0. The minimum Gasteiger partial charge on any atom is -0.381 e. The first-order valence-corrected chi connectivity index (χ1v) is 7.08. The third kappa shape index (κ3) is 4.01. The van der Waals surface area contributed by atoms with Crippen LogP contribution in [0.15, 0.2) is 6.07 Å². The second kappa shape index (κ2) is 7.34. The molecule has 3 heteroatoms. The Hall–Kier alpha value is -1.48. The van der Waals surface area contributed by atoms with E-state index in [1.165, 1.54) is 5.56 Å². The largest absolute Gasteiger partial charge is 0.381 e. The van der Waals surface area contributed by atoms with E-state index in [0.29, 0.717) is 25.2 Å². The summed E-state index contributed by atoms with van der Waals surface area (Å²) in [6.07, 6.45) is 0.276. The fraction of sp³-hybridized carbons (Fsp3) is 0.529. The van der Waals surface area contributed by atoms with Gasteiger partial charge in [-0.05, 0) is 62.9 Å². The lowest BCUT2D eigenvalue weighted by molar-refractivity contribution is -0.119. The Labute approximate surface area is 121 Å². The number of carbonyl (C=O) groups is 2. The molecule has 0 fully saturated rings. The molecule has 0 unspecified atom stereocenters. The predicted octanol–water partition coefficient (Wildman–Crippen LogP) is 3.49. The van der Waals surface area contributed by atoms with Crippen molar-refractivity contribution in [3.8, 4) is 0 Å². The van der Waals surface area contributed by atoms with Crippen LogP contribution >= 0.6 is 0 Å². The maximum absolute atomic E-state index is 12.3. The SMILES string of the molecule is CCOCCC(=O)CC(=O)c1cc(C)c(C)c(C)c1C. The molecule has 3 nitrogen and oxygen atoms in total. The number of rotatable bonds is 7. The van der Waals surface area contributed by atoms with Gasteiger partial charge < -0.3 is 4.74 Å². The van der Waals surface area contributed by atoms with Gasteiger partial charge in [0, 0.05) is 18.6 Å². The van der Waals surface area contributed by atoms with E-state index in [1.807, 2.05) is 33.8 Å². The number of benzene rings is 1. The van der Waals surface area contributed by atoms with E-state index in [4.69, 9.17) is 4.74 Å². The fourth-order valence-electron chi connectivity index (χ4n) is 2.19. The van der Waals surface area contributed by atoms with Crippen LogP contribution in [0.4, 0.5) is 0 Å². The Balaban J connectivity index is 2.81. The number of ketones is 2. The van der Waals surface area contributed by atoms with E-state index in [0.717, 1.165) is 16.7 Å². The van der Waals surface area contributed by atoms with Gasteiger partial charge in [0.05, 0.1) is 13.0 Å². The third-order valence-electron chi connectivity index (χ3n) is 3.87. The highest BCUT2D eigenvalue weighted by molar-refractivity contribution is 6.09. The van der Waals surface area contributed by atoms with Crippen molar-refractivity contribution in [2.75, 3.05) is 13.2 Å². The van der Waals surface area contributed by atoms with Gasteiger partial charge in [-0.1, -0.05) is 0 Å². The molecule has 0 radical (unpaired) electrons. The van der Waals surface area contributed by atoms with Crippen LogP contribution in [0.1, 0.15) is 52.4 Å². The van der Waals surface area contributed by atoms with Crippen molar-refractivity contribution < 1.29 is 14.3 Å². The molecule has 1 rings (SSSR count). The summed E-state index contributed by atoms with van der Waals surface area (Å²) in [6, 6.07) is 1.90. The minimum absolute atomic E-state index is 0.0319. The molecule has 0 spiro atoms. The number of ether oxygens (including phenoxy) is 1. The zero-order valence-corrected chi connectivity index (χ0v) is 13.1. The lowest BCUT2D eigenvalue weighted by Crippen LogP contribution is -2.13. The maximum Gasteiger partial charge on any atom is 0.170 e. The predicted molar refractivity (Wildman–Crippen MR) is 80.5 cm³/mol. The highest BCUT2D eigenvalue weighted by Crippen LogP contribution is 2.22. The zero-order valence-electron chi connectivity index (χ0n) is 13.1. The van der Waals surface area contributed by atoms with Crippen molar-refractivity contribution in [3.05, 3.63) is 33.9 Å². The van der Waals surface area contributed by atoms with Crippen LogP contribution in [-0.2, 0) is 9.53 Å². The van der Waals surface area contributed by atoms with Crippen LogP contribution in [0.2, 0.25) is 0 Å². The molecular weight excluding hydrogens is 252 g/mol. The highest BCUT2D eigenvalue weighted by atomic mass is 16.5. The average molecular weight is 276 g/mol. The lowest BCUT2D eigenvalue weighted by atomic mass is 9.91. The third-order valence-corrected chi connectivity index (χ3v) is 3.87. The summed E-state index contributed by atoms with van der Waals surface area (Å²) in [5.74, 6) is -0.145. The molecule has 0 aliphatic carbocycles. The summed E-state index contributed by atoms with van der Waals surface area (Å²) >= 11 is 0. The summed E-state index contributed by atoms with van der Waals surface area (Å²) in [7, 11) is 0. The number of hydrogen-bond donors (Lipinski definition) is 0. The van der Waals surface area contributed by atoms with Crippen molar-refractivity contribution in [1.82, 2.24) is 0 Å². The smallest absolute Gasteiger partial charge is 0.170 e. The molecule has 1 aromatic rings. The van der Waals surface area contributed by atoms with Gasteiger partial charge in [-0.15, -0.1) is 0 Å². The van der Waals surface area contributed by atoms with E-state index in [9.17, 15) is 9.59 Å². The van der Waals surface area contributed by atoms with Crippen LogP contribution < -0.4 is 0 Å². The normalized spacial score (nSPS) is 10.7. The summed E-state index contributed by atoms with van der Waals surface area (Å²) in [5, 5.41) is 0. The minimum atomic E-state index is -0.0878. The van der Waals surface area contributed by atoms with Crippen molar-refractivity contribution in [3.63, 3.8) is 0 Å². The topological polar surface area (TPSA) is 43.4 Å². The molecule has 0 N–H and O–H groups in total. The number of aryl methyl sites for hydroxylation is 1. The van der Waals surface area contributed by atoms with Gasteiger partial charge in [0.2, 0.25) is 0 Å². The molecule has 0 bridgehead atoms. The molecule has 0 saturated heterocycles. The van der Waals surface area contributed by atoms with Gasteiger partial charge in [-0.2, -0.15) is 0 Å². The first kappa shape index (κ1) is 16.6. The lowest BCUT2D eigenvalue weighted by Gasteiger charge is -2.13. The highest BCUT2D eigenvalue weighted by Gasteiger charge is 2.16. The van der Waals surface area contributed by atoms with E-state index >= 15 is 0 Å². The summed E-state index contributed by atoms with van der Waals surface area (Å²) in [5.41, 5.74) is 5.10. The van der Waals surface area contributed by atoms with Crippen LogP contribution in [0.5, 0.6) is 0 Å². The number of Topliss-reactive ketones (excluding diaryl/α,β-unsaturated/α-hetero) is 2. The number of carbonyl (C=O) groups excluding carboxylic acids is 2. The van der Waals surface area contributed by atoms with Gasteiger partial charge in [0.15, 0.2) is 5.78 Å². The van der Waals surface area contributed by atoms with Crippen LogP contribution in [0.25, 0.3) is 0 Å². The van der Waals surface area contributed by atoms with Gasteiger partial charge in [-0.25, -0.2) is 0 Å². The van der Waals surface area contributed by atoms with E-state index in [2.05, 4.69) is 6.92 Å². The second-order valence-electron chi connectivity index (χ2n) is 5.20. The van der Waals surface area contributed by atoms with E-state index in [-0.39, 0.29) is 18.0 Å². The molecular formula is C17H24O3. The van der Waals surface area contributed by atoms with Gasteiger partial charge >= 0.3 is 0 Å². The average Bonchev–Trinajstić information content (AvgIpc) is 2.40. The second-order valence-corrected chi connectivity index (χ2v) is 5.20. The first-order chi connectivity index (χ1) is 9.38. The van der Waals surface area contributed by atoms with Crippen LogP contribution in [0.3, 0.4) is 0 Å².